The predicted molar refractivity (Wildman–Crippen MR) is 75.3 cm³/mol. The van der Waals surface area contributed by atoms with Crippen LogP contribution in [0.25, 0.3) is 0 Å². The molecule has 0 bridgehead atoms. The molecule has 1 unspecified atom stereocenters. The highest BCUT2D eigenvalue weighted by molar-refractivity contribution is 5.90. The van der Waals surface area contributed by atoms with E-state index < -0.39 is 17.8 Å². The number of amides is 2. The Balaban J connectivity index is 1.95. The van der Waals surface area contributed by atoms with E-state index in [1.54, 1.807) is 11.8 Å². The smallest absolute Gasteiger partial charge is 0.339 e. The maximum Gasteiger partial charge on any atom is 0.434 e. The van der Waals surface area contributed by atoms with Crippen molar-refractivity contribution in [3.63, 3.8) is 0 Å². The van der Waals surface area contributed by atoms with E-state index in [0.29, 0.717) is 19.2 Å². The van der Waals surface area contributed by atoms with Crippen LogP contribution in [0.15, 0.2) is 12.4 Å². The van der Waals surface area contributed by atoms with Crippen LogP contribution in [0.2, 0.25) is 0 Å². The Bertz CT molecular complexity index is 592. The Labute approximate surface area is 131 Å². The van der Waals surface area contributed by atoms with Crippen molar-refractivity contribution in [2.24, 2.45) is 0 Å². The van der Waals surface area contributed by atoms with Crippen molar-refractivity contribution in [2.45, 2.75) is 44.8 Å². The van der Waals surface area contributed by atoms with Crippen molar-refractivity contribution in [3.05, 3.63) is 18.1 Å². The van der Waals surface area contributed by atoms with Crippen molar-refractivity contribution >= 4 is 17.6 Å². The molecule has 0 spiro atoms. The second-order valence-corrected chi connectivity index (χ2v) is 5.43. The van der Waals surface area contributed by atoms with Gasteiger partial charge in [0.2, 0.25) is 11.8 Å². The molecule has 0 aromatic carbocycles. The van der Waals surface area contributed by atoms with Crippen molar-refractivity contribution in [2.75, 3.05) is 11.9 Å². The van der Waals surface area contributed by atoms with Gasteiger partial charge in [0.15, 0.2) is 11.5 Å². The molecular weight excluding hydrogens is 313 g/mol. The molecular formula is C14H17F3N4O2. The summed E-state index contributed by atoms with van der Waals surface area (Å²) in [7, 11) is 0. The van der Waals surface area contributed by atoms with Crippen molar-refractivity contribution in [1.82, 2.24) is 14.9 Å². The van der Waals surface area contributed by atoms with Gasteiger partial charge in [-0.1, -0.05) is 0 Å². The molecule has 23 heavy (non-hydrogen) atoms. The monoisotopic (exact) mass is 330 g/mol. The number of rotatable bonds is 4. The first-order valence-corrected chi connectivity index (χ1v) is 7.26. The summed E-state index contributed by atoms with van der Waals surface area (Å²) in [5, 5.41) is 2.29. The van der Waals surface area contributed by atoms with Crippen molar-refractivity contribution < 1.29 is 22.8 Å². The number of carbonyl (C=O) groups excluding carboxylic acids is 2. The van der Waals surface area contributed by atoms with Crippen LogP contribution in [0, 0.1) is 0 Å². The first-order valence-electron chi connectivity index (χ1n) is 7.26. The molecule has 6 nitrogen and oxygen atoms in total. The van der Waals surface area contributed by atoms with E-state index in [1.807, 2.05) is 0 Å². The molecule has 1 saturated heterocycles. The summed E-state index contributed by atoms with van der Waals surface area (Å²) in [6.07, 6.45) is -0.810. The largest absolute Gasteiger partial charge is 0.434 e. The first kappa shape index (κ1) is 17.2. The Morgan fingerprint density at radius 3 is 2.78 bits per heavy atom. The van der Waals surface area contributed by atoms with Gasteiger partial charge in [-0.05, 0) is 19.8 Å². The zero-order valence-electron chi connectivity index (χ0n) is 12.6. The van der Waals surface area contributed by atoms with Gasteiger partial charge in [-0.25, -0.2) is 4.98 Å². The Morgan fingerprint density at radius 2 is 2.13 bits per heavy atom. The number of likely N-dealkylation sites (tertiary alicyclic amines) is 1. The molecule has 1 atom stereocenters. The standard InChI is InChI=1S/C14H17F3N4O2/c1-9(21-5-3-2-4-13(21)23)6-12(22)20-11-8-18-7-10(19-11)14(15,16)17/h7-9H,2-6H2,1H3,(H,19,20,22). The molecule has 1 aromatic rings. The minimum atomic E-state index is -4.62. The fraction of sp³-hybridized carbons (Fsp3) is 0.571. The number of aromatic nitrogens is 2. The molecule has 1 fully saturated rings. The summed E-state index contributed by atoms with van der Waals surface area (Å²) in [4.78, 5) is 32.1. The van der Waals surface area contributed by atoms with E-state index in [2.05, 4.69) is 15.3 Å². The number of halogens is 3. The van der Waals surface area contributed by atoms with Gasteiger partial charge >= 0.3 is 6.18 Å². The molecule has 2 heterocycles. The lowest BCUT2D eigenvalue weighted by Crippen LogP contribution is -2.43. The van der Waals surface area contributed by atoms with Crippen LogP contribution in [-0.4, -0.2) is 39.3 Å². The molecule has 1 aliphatic rings. The zero-order valence-corrected chi connectivity index (χ0v) is 12.6. The number of anilines is 1. The number of hydrogen-bond acceptors (Lipinski definition) is 4. The lowest BCUT2D eigenvalue weighted by atomic mass is 10.1. The second kappa shape index (κ2) is 6.93. The summed E-state index contributed by atoms with van der Waals surface area (Å²) < 4.78 is 37.6. The van der Waals surface area contributed by atoms with Crippen LogP contribution in [0.4, 0.5) is 19.0 Å². The molecule has 2 rings (SSSR count). The molecule has 9 heteroatoms. The topological polar surface area (TPSA) is 75.2 Å². The third-order valence-electron chi connectivity index (χ3n) is 3.57. The maximum absolute atomic E-state index is 12.5. The predicted octanol–water partition coefficient (Wildman–Crippen LogP) is 2.22. The molecule has 0 saturated carbocycles. The molecule has 1 aromatic heterocycles. The zero-order chi connectivity index (χ0) is 17.0. The number of piperidine rings is 1. The average molecular weight is 330 g/mol. The van der Waals surface area contributed by atoms with E-state index in [-0.39, 0.29) is 24.2 Å². The van der Waals surface area contributed by atoms with Gasteiger partial charge in [-0.2, -0.15) is 13.2 Å². The van der Waals surface area contributed by atoms with Crippen LogP contribution < -0.4 is 5.32 Å². The van der Waals surface area contributed by atoms with Crippen LogP contribution in [0.5, 0.6) is 0 Å². The van der Waals surface area contributed by atoms with Gasteiger partial charge in [0, 0.05) is 25.4 Å². The fourth-order valence-electron chi connectivity index (χ4n) is 2.43. The van der Waals surface area contributed by atoms with E-state index in [4.69, 9.17) is 0 Å². The van der Waals surface area contributed by atoms with E-state index >= 15 is 0 Å². The quantitative estimate of drug-likeness (QED) is 0.918. The molecule has 0 aliphatic carbocycles. The van der Waals surface area contributed by atoms with Crippen molar-refractivity contribution in [3.8, 4) is 0 Å². The summed E-state index contributed by atoms with van der Waals surface area (Å²) >= 11 is 0. The molecule has 2 amide bonds. The minimum Gasteiger partial charge on any atom is -0.339 e. The number of nitrogens with zero attached hydrogens (tertiary/aromatic N) is 3. The highest BCUT2D eigenvalue weighted by Gasteiger charge is 2.33. The van der Waals surface area contributed by atoms with Crippen LogP contribution in [-0.2, 0) is 15.8 Å². The van der Waals surface area contributed by atoms with Gasteiger partial charge in [-0.3, -0.25) is 14.6 Å². The van der Waals surface area contributed by atoms with Gasteiger partial charge in [0.25, 0.3) is 0 Å². The lowest BCUT2D eigenvalue weighted by molar-refractivity contribution is -0.141. The van der Waals surface area contributed by atoms with E-state index in [9.17, 15) is 22.8 Å². The molecule has 1 N–H and O–H groups in total. The maximum atomic E-state index is 12.5. The summed E-state index contributed by atoms with van der Waals surface area (Å²) in [5.74, 6) is -0.776. The highest BCUT2D eigenvalue weighted by Crippen LogP contribution is 2.27. The average Bonchev–Trinajstić information content (AvgIpc) is 2.46. The van der Waals surface area contributed by atoms with Crippen LogP contribution >= 0.6 is 0 Å². The Hall–Kier alpha value is -2.19. The van der Waals surface area contributed by atoms with Gasteiger partial charge in [0.05, 0.1) is 12.4 Å². The third-order valence-corrected chi connectivity index (χ3v) is 3.57. The highest BCUT2D eigenvalue weighted by atomic mass is 19.4. The van der Waals surface area contributed by atoms with E-state index in [0.717, 1.165) is 19.0 Å². The Morgan fingerprint density at radius 1 is 1.39 bits per heavy atom. The number of alkyl halides is 3. The van der Waals surface area contributed by atoms with Crippen LogP contribution in [0.3, 0.4) is 0 Å². The normalized spacial score (nSPS) is 17.0. The van der Waals surface area contributed by atoms with Crippen LogP contribution in [0.1, 0.15) is 38.3 Å². The summed E-state index contributed by atoms with van der Waals surface area (Å²) in [6.45, 7) is 2.33. The number of nitrogens with one attached hydrogen (secondary N) is 1. The summed E-state index contributed by atoms with van der Waals surface area (Å²) in [6, 6.07) is -0.318. The number of hydrogen-bond donors (Lipinski definition) is 1. The SMILES string of the molecule is CC(CC(=O)Nc1cncc(C(F)(F)F)n1)N1CCCCC1=O. The third kappa shape index (κ3) is 4.64. The van der Waals surface area contributed by atoms with E-state index in [1.165, 1.54) is 0 Å². The Kier molecular flexibility index (Phi) is 5.17. The molecule has 0 radical (unpaired) electrons. The van der Waals surface area contributed by atoms with Gasteiger partial charge in [-0.15, -0.1) is 0 Å². The minimum absolute atomic E-state index is 0.00425. The van der Waals surface area contributed by atoms with Crippen molar-refractivity contribution in [1.29, 1.82) is 0 Å². The lowest BCUT2D eigenvalue weighted by Gasteiger charge is -2.32. The second-order valence-electron chi connectivity index (χ2n) is 5.43. The fourth-order valence-corrected chi connectivity index (χ4v) is 2.43. The first-order chi connectivity index (χ1) is 10.8. The number of carbonyl (C=O) groups is 2. The van der Waals surface area contributed by atoms with Gasteiger partial charge < -0.3 is 10.2 Å². The molecule has 126 valence electrons. The molecule has 1 aliphatic heterocycles. The summed E-state index contributed by atoms with van der Waals surface area (Å²) in [5.41, 5.74) is -1.17. The van der Waals surface area contributed by atoms with Gasteiger partial charge in [0.1, 0.15) is 0 Å².